The standard InChI is InChI=1S/C23H24F2N4O2/c1-28-10-8-19(29-22(28)12-18(27-29)17-3-2-9-26-13-17)16-6-7-20(31-23(24)25)21(11-16)30-14-15-4-5-15/h2-3,6-7,9,11-13,15,19,23H,4-5,8,10,14H2,1H3. The molecule has 5 rings (SSSR count). The Morgan fingerprint density at radius 3 is 2.74 bits per heavy atom. The van der Waals surface area contributed by atoms with E-state index in [0.717, 1.165) is 48.4 Å². The molecule has 1 atom stereocenters. The third-order valence-corrected chi connectivity index (χ3v) is 5.84. The van der Waals surface area contributed by atoms with E-state index in [2.05, 4.69) is 16.0 Å². The topological polar surface area (TPSA) is 52.4 Å². The van der Waals surface area contributed by atoms with Crippen molar-refractivity contribution in [1.29, 1.82) is 0 Å². The zero-order chi connectivity index (χ0) is 21.4. The molecule has 0 radical (unpaired) electrons. The number of rotatable bonds is 7. The lowest BCUT2D eigenvalue weighted by molar-refractivity contribution is -0.0515. The SMILES string of the molecule is CN1CCC(c2ccc(OC(F)F)c(OCC3CC3)c2)n2nc(-c3cccnc3)cc21. The van der Waals surface area contributed by atoms with Crippen molar-refractivity contribution in [2.75, 3.05) is 25.1 Å². The lowest BCUT2D eigenvalue weighted by atomic mass is 10.0. The highest BCUT2D eigenvalue weighted by Crippen LogP contribution is 2.39. The number of alkyl halides is 2. The van der Waals surface area contributed by atoms with Crippen molar-refractivity contribution in [3.63, 3.8) is 0 Å². The van der Waals surface area contributed by atoms with E-state index >= 15 is 0 Å². The first-order chi connectivity index (χ1) is 15.1. The third kappa shape index (κ3) is 4.19. The molecule has 0 N–H and O–H groups in total. The van der Waals surface area contributed by atoms with Gasteiger partial charge in [-0.3, -0.25) is 4.98 Å². The summed E-state index contributed by atoms with van der Waals surface area (Å²) in [6.45, 7) is -1.51. The van der Waals surface area contributed by atoms with Crippen LogP contribution in [0.2, 0.25) is 0 Å². The van der Waals surface area contributed by atoms with Gasteiger partial charge in [-0.15, -0.1) is 0 Å². The molecule has 2 aromatic heterocycles. The smallest absolute Gasteiger partial charge is 0.387 e. The first-order valence-electron chi connectivity index (χ1n) is 10.5. The third-order valence-electron chi connectivity index (χ3n) is 5.84. The molecule has 8 heteroatoms. The molecule has 6 nitrogen and oxygen atoms in total. The Kier molecular flexibility index (Phi) is 5.21. The van der Waals surface area contributed by atoms with E-state index in [1.54, 1.807) is 18.5 Å². The fraction of sp³-hybridized carbons (Fsp3) is 0.391. The van der Waals surface area contributed by atoms with Crippen molar-refractivity contribution in [3.8, 4) is 22.8 Å². The van der Waals surface area contributed by atoms with Gasteiger partial charge in [0.25, 0.3) is 0 Å². The number of hydrogen-bond donors (Lipinski definition) is 0. The van der Waals surface area contributed by atoms with Gasteiger partial charge in [0, 0.05) is 37.6 Å². The largest absolute Gasteiger partial charge is 0.489 e. The van der Waals surface area contributed by atoms with Crippen LogP contribution in [0.5, 0.6) is 11.5 Å². The maximum atomic E-state index is 12.9. The van der Waals surface area contributed by atoms with Gasteiger partial charge in [0.05, 0.1) is 18.3 Å². The van der Waals surface area contributed by atoms with E-state index < -0.39 is 6.61 Å². The van der Waals surface area contributed by atoms with Crippen LogP contribution in [-0.2, 0) is 0 Å². The summed E-state index contributed by atoms with van der Waals surface area (Å²) >= 11 is 0. The van der Waals surface area contributed by atoms with Crippen LogP contribution < -0.4 is 14.4 Å². The Morgan fingerprint density at radius 2 is 2.00 bits per heavy atom. The summed E-state index contributed by atoms with van der Waals surface area (Å²) < 4.78 is 38.3. The van der Waals surface area contributed by atoms with Crippen molar-refractivity contribution in [3.05, 3.63) is 54.4 Å². The van der Waals surface area contributed by atoms with Crippen LogP contribution in [0.15, 0.2) is 48.8 Å². The molecule has 3 heterocycles. The van der Waals surface area contributed by atoms with Gasteiger partial charge in [-0.1, -0.05) is 6.07 Å². The van der Waals surface area contributed by atoms with Crippen LogP contribution in [0.1, 0.15) is 30.9 Å². The average molecular weight is 426 g/mol. The Labute approximate surface area is 179 Å². The van der Waals surface area contributed by atoms with Crippen LogP contribution in [-0.4, -0.2) is 41.6 Å². The molecule has 1 aromatic carbocycles. The number of fused-ring (bicyclic) bond motifs is 1. The Bertz CT molecular complexity index is 1050. The molecule has 0 amide bonds. The predicted octanol–water partition coefficient (Wildman–Crippen LogP) is 4.76. The second-order valence-corrected chi connectivity index (χ2v) is 8.14. The van der Waals surface area contributed by atoms with Crippen molar-refractivity contribution >= 4 is 5.82 Å². The maximum Gasteiger partial charge on any atom is 0.387 e. The van der Waals surface area contributed by atoms with Crippen LogP contribution in [0.4, 0.5) is 14.6 Å². The number of hydrogen-bond acceptors (Lipinski definition) is 5. The molecular weight excluding hydrogens is 402 g/mol. The normalized spacial score (nSPS) is 18.2. The Balaban J connectivity index is 1.49. The van der Waals surface area contributed by atoms with Crippen molar-refractivity contribution < 1.29 is 18.3 Å². The summed E-state index contributed by atoms with van der Waals surface area (Å²) in [5, 5.41) is 4.86. The Morgan fingerprint density at radius 1 is 1.13 bits per heavy atom. The highest BCUT2D eigenvalue weighted by atomic mass is 19.3. The van der Waals surface area contributed by atoms with E-state index in [-0.39, 0.29) is 11.8 Å². The molecule has 162 valence electrons. The fourth-order valence-electron chi connectivity index (χ4n) is 3.95. The number of nitrogens with zero attached hydrogens (tertiary/aromatic N) is 4. The van der Waals surface area contributed by atoms with Crippen molar-refractivity contribution in [2.24, 2.45) is 5.92 Å². The van der Waals surface area contributed by atoms with Gasteiger partial charge in [-0.25, -0.2) is 4.68 Å². The van der Waals surface area contributed by atoms with Gasteiger partial charge in [0.1, 0.15) is 5.82 Å². The molecular formula is C23H24F2N4O2. The van der Waals surface area contributed by atoms with Gasteiger partial charge in [0.2, 0.25) is 0 Å². The number of ether oxygens (including phenoxy) is 2. The molecule has 31 heavy (non-hydrogen) atoms. The highest BCUT2D eigenvalue weighted by Gasteiger charge is 2.28. The summed E-state index contributed by atoms with van der Waals surface area (Å²) in [4.78, 5) is 6.36. The first-order valence-corrected chi connectivity index (χ1v) is 10.5. The fourth-order valence-corrected chi connectivity index (χ4v) is 3.95. The summed E-state index contributed by atoms with van der Waals surface area (Å²) in [5.74, 6) is 1.95. The van der Waals surface area contributed by atoms with Gasteiger partial charge in [0.15, 0.2) is 11.5 Å². The van der Waals surface area contributed by atoms with E-state index in [9.17, 15) is 8.78 Å². The molecule has 1 saturated carbocycles. The molecule has 3 aromatic rings. The van der Waals surface area contributed by atoms with E-state index in [4.69, 9.17) is 14.6 Å². The van der Waals surface area contributed by atoms with E-state index in [1.165, 1.54) is 0 Å². The molecule has 1 aliphatic carbocycles. The average Bonchev–Trinajstić information content (AvgIpc) is 3.49. The van der Waals surface area contributed by atoms with E-state index in [1.807, 2.05) is 36.0 Å². The number of halogens is 2. The minimum Gasteiger partial charge on any atom is -0.489 e. The lowest BCUT2D eigenvalue weighted by Gasteiger charge is -2.32. The van der Waals surface area contributed by atoms with Crippen molar-refractivity contribution in [2.45, 2.75) is 31.9 Å². The molecule has 0 saturated heterocycles. The van der Waals surface area contributed by atoms with Gasteiger partial charge in [-0.2, -0.15) is 13.9 Å². The molecule has 1 unspecified atom stereocenters. The zero-order valence-corrected chi connectivity index (χ0v) is 17.2. The predicted molar refractivity (Wildman–Crippen MR) is 113 cm³/mol. The van der Waals surface area contributed by atoms with Crippen LogP contribution >= 0.6 is 0 Å². The quantitative estimate of drug-likeness (QED) is 0.545. The second-order valence-electron chi connectivity index (χ2n) is 8.14. The minimum absolute atomic E-state index is 0.0273. The molecule has 0 spiro atoms. The number of anilines is 1. The molecule has 0 bridgehead atoms. The number of benzene rings is 1. The Hall–Kier alpha value is -3.16. The minimum atomic E-state index is -2.89. The summed E-state index contributed by atoms with van der Waals surface area (Å²) in [7, 11) is 2.04. The first kappa shape index (κ1) is 19.8. The monoisotopic (exact) mass is 426 g/mol. The summed E-state index contributed by atoms with van der Waals surface area (Å²) in [5.41, 5.74) is 2.76. The van der Waals surface area contributed by atoms with Crippen molar-refractivity contribution in [1.82, 2.24) is 14.8 Å². The maximum absolute atomic E-state index is 12.9. The highest BCUT2D eigenvalue weighted by molar-refractivity contribution is 5.63. The zero-order valence-electron chi connectivity index (χ0n) is 17.2. The van der Waals surface area contributed by atoms with Crippen LogP contribution in [0.3, 0.4) is 0 Å². The summed E-state index contributed by atoms with van der Waals surface area (Å²) in [6.07, 6.45) is 6.61. The van der Waals surface area contributed by atoms with Gasteiger partial charge >= 0.3 is 6.61 Å². The van der Waals surface area contributed by atoms with Gasteiger partial charge in [-0.05, 0) is 55.0 Å². The van der Waals surface area contributed by atoms with Crippen LogP contribution in [0.25, 0.3) is 11.3 Å². The molecule has 1 aliphatic heterocycles. The van der Waals surface area contributed by atoms with Crippen LogP contribution in [0, 0.1) is 5.92 Å². The molecule has 1 fully saturated rings. The number of pyridine rings is 1. The van der Waals surface area contributed by atoms with Gasteiger partial charge < -0.3 is 14.4 Å². The second kappa shape index (κ2) is 8.17. The lowest BCUT2D eigenvalue weighted by Crippen LogP contribution is -2.32. The number of aromatic nitrogens is 3. The molecule has 2 aliphatic rings. The van der Waals surface area contributed by atoms with E-state index in [0.29, 0.717) is 18.3 Å². The summed E-state index contributed by atoms with van der Waals surface area (Å²) in [6, 6.07) is 11.1.